The number of hydrogen-bond acceptors (Lipinski definition) is 1. The van der Waals surface area contributed by atoms with Gasteiger partial charge in [-0.15, -0.1) is 0 Å². The van der Waals surface area contributed by atoms with Crippen molar-refractivity contribution in [3.8, 4) is 11.1 Å². The maximum absolute atomic E-state index is 11.9. The van der Waals surface area contributed by atoms with Gasteiger partial charge in [-0.3, -0.25) is 0 Å². The molecule has 31 heavy (non-hydrogen) atoms. The second kappa shape index (κ2) is 11.9. The first-order chi connectivity index (χ1) is 15.1. The number of unbranched alkanes of at least 4 members (excludes halogenated alkanes) is 3. The Bertz CT molecular complexity index is 855. The molecule has 1 N–H and O–H groups in total. The highest BCUT2D eigenvalue weighted by molar-refractivity contribution is 5.96. The van der Waals surface area contributed by atoms with Gasteiger partial charge in [0.1, 0.15) is 0 Å². The maximum Gasteiger partial charge on any atom is 0.336 e. The predicted octanol–water partition coefficient (Wildman–Crippen LogP) is 8.72. The van der Waals surface area contributed by atoms with Crippen molar-refractivity contribution in [2.45, 2.75) is 84.0 Å². The van der Waals surface area contributed by atoms with Gasteiger partial charge in [0.2, 0.25) is 0 Å². The van der Waals surface area contributed by atoms with Gasteiger partial charge in [0.15, 0.2) is 0 Å². The lowest BCUT2D eigenvalue weighted by molar-refractivity contribution is 0.0697. The molecule has 2 aromatic carbocycles. The zero-order valence-corrected chi connectivity index (χ0v) is 19.3. The van der Waals surface area contributed by atoms with Crippen LogP contribution in [0.1, 0.15) is 105 Å². The number of hydrogen-bond donors (Lipinski definition) is 1. The number of benzene rings is 2. The van der Waals surface area contributed by atoms with Crippen LogP contribution in [0.15, 0.2) is 48.5 Å². The van der Waals surface area contributed by atoms with Crippen LogP contribution in [0.5, 0.6) is 0 Å². The summed E-state index contributed by atoms with van der Waals surface area (Å²) in [6, 6.07) is 14.3. The lowest BCUT2D eigenvalue weighted by Crippen LogP contribution is -2.14. The highest BCUT2D eigenvalue weighted by atomic mass is 16.4. The van der Waals surface area contributed by atoms with E-state index in [1.807, 2.05) is 6.07 Å². The van der Waals surface area contributed by atoms with Crippen LogP contribution in [0.2, 0.25) is 0 Å². The van der Waals surface area contributed by atoms with E-state index in [1.165, 1.54) is 56.9 Å². The molecule has 0 bridgehead atoms. The van der Waals surface area contributed by atoms with Crippen molar-refractivity contribution in [3.05, 3.63) is 65.2 Å². The second-order valence-electron chi connectivity index (χ2n) is 9.14. The van der Waals surface area contributed by atoms with Crippen LogP contribution in [0.4, 0.5) is 0 Å². The molecule has 0 spiro atoms. The molecule has 1 aliphatic rings. The van der Waals surface area contributed by atoms with Crippen molar-refractivity contribution < 1.29 is 9.90 Å². The summed E-state index contributed by atoms with van der Waals surface area (Å²) in [7, 11) is 0. The fourth-order valence-corrected chi connectivity index (χ4v) is 4.87. The Labute approximate surface area is 188 Å². The minimum absolute atomic E-state index is 0.395. The molecule has 0 saturated heterocycles. The quantitative estimate of drug-likeness (QED) is 0.392. The Morgan fingerprint density at radius 1 is 0.968 bits per heavy atom. The molecule has 2 heteroatoms. The van der Waals surface area contributed by atoms with Crippen molar-refractivity contribution in [2.75, 3.05) is 0 Å². The first-order valence-corrected chi connectivity index (χ1v) is 12.3. The molecule has 1 fully saturated rings. The molecule has 166 valence electrons. The number of aromatic carboxylic acids is 1. The molecule has 0 aliphatic heterocycles. The van der Waals surface area contributed by atoms with Crippen LogP contribution in [0.3, 0.4) is 0 Å². The van der Waals surface area contributed by atoms with Crippen molar-refractivity contribution in [2.24, 2.45) is 5.92 Å². The molecular weight excluding hydrogens is 380 g/mol. The number of carboxylic acid groups (broad SMARTS) is 1. The average molecular weight is 419 g/mol. The number of carboxylic acids is 1. The van der Waals surface area contributed by atoms with E-state index in [1.54, 1.807) is 0 Å². The van der Waals surface area contributed by atoms with E-state index in [0.717, 1.165) is 35.4 Å². The van der Waals surface area contributed by atoms with Gasteiger partial charge in [0.25, 0.3) is 0 Å². The summed E-state index contributed by atoms with van der Waals surface area (Å²) < 4.78 is 0. The highest BCUT2D eigenvalue weighted by Crippen LogP contribution is 2.39. The van der Waals surface area contributed by atoms with Crippen LogP contribution in [-0.2, 0) is 0 Å². The van der Waals surface area contributed by atoms with Gasteiger partial charge in [-0.2, -0.15) is 0 Å². The van der Waals surface area contributed by atoms with E-state index in [4.69, 9.17) is 0 Å². The lowest BCUT2D eigenvalue weighted by atomic mass is 9.76. The minimum Gasteiger partial charge on any atom is -0.478 e. The van der Waals surface area contributed by atoms with E-state index in [-0.39, 0.29) is 0 Å². The van der Waals surface area contributed by atoms with E-state index in [9.17, 15) is 9.90 Å². The van der Waals surface area contributed by atoms with Crippen LogP contribution < -0.4 is 0 Å². The van der Waals surface area contributed by atoms with Crippen LogP contribution in [-0.4, -0.2) is 11.1 Å². The monoisotopic (exact) mass is 418 g/mol. The molecule has 0 aromatic heterocycles. The zero-order valence-electron chi connectivity index (χ0n) is 19.3. The van der Waals surface area contributed by atoms with Gasteiger partial charge < -0.3 is 5.11 Å². The number of carbonyl (C=O) groups is 1. The van der Waals surface area contributed by atoms with E-state index in [0.29, 0.717) is 11.5 Å². The van der Waals surface area contributed by atoms with E-state index < -0.39 is 5.97 Å². The summed E-state index contributed by atoms with van der Waals surface area (Å²) in [5.74, 6) is 0.585. The zero-order chi connectivity index (χ0) is 22.1. The van der Waals surface area contributed by atoms with Gasteiger partial charge >= 0.3 is 5.97 Å². The van der Waals surface area contributed by atoms with Crippen LogP contribution in [0, 0.1) is 5.92 Å². The smallest absolute Gasteiger partial charge is 0.336 e. The predicted molar refractivity (Wildman–Crippen MR) is 132 cm³/mol. The van der Waals surface area contributed by atoms with Gasteiger partial charge in [-0.25, -0.2) is 4.79 Å². The first kappa shape index (κ1) is 23.3. The molecule has 0 atom stereocenters. The Morgan fingerprint density at radius 2 is 1.71 bits per heavy atom. The molecule has 2 nitrogen and oxygen atoms in total. The van der Waals surface area contributed by atoms with Crippen LogP contribution >= 0.6 is 0 Å². The third-order valence-corrected chi connectivity index (χ3v) is 6.80. The Hall–Kier alpha value is -2.35. The summed E-state index contributed by atoms with van der Waals surface area (Å²) in [6.45, 7) is 4.44. The summed E-state index contributed by atoms with van der Waals surface area (Å²) >= 11 is 0. The fourth-order valence-electron chi connectivity index (χ4n) is 4.87. The molecule has 0 radical (unpaired) electrons. The molecule has 0 unspecified atom stereocenters. The Morgan fingerprint density at radius 3 is 2.35 bits per heavy atom. The molecule has 1 saturated carbocycles. The SMILES string of the molecule is CCC/C=C/c1ccc(-c2cc(C3CCC(CCCCC)CC3)ccc2C(=O)O)cc1. The summed E-state index contributed by atoms with van der Waals surface area (Å²) in [6.07, 6.45) is 17.0. The maximum atomic E-state index is 11.9. The highest BCUT2D eigenvalue weighted by Gasteiger charge is 2.23. The summed E-state index contributed by atoms with van der Waals surface area (Å²) in [5.41, 5.74) is 4.69. The van der Waals surface area contributed by atoms with E-state index in [2.05, 4.69) is 62.4 Å². The van der Waals surface area contributed by atoms with E-state index >= 15 is 0 Å². The van der Waals surface area contributed by atoms with Crippen molar-refractivity contribution in [1.29, 1.82) is 0 Å². The van der Waals surface area contributed by atoms with Crippen molar-refractivity contribution >= 4 is 12.0 Å². The summed E-state index contributed by atoms with van der Waals surface area (Å²) in [5, 5.41) is 9.75. The molecule has 1 aliphatic carbocycles. The van der Waals surface area contributed by atoms with Crippen molar-refractivity contribution in [1.82, 2.24) is 0 Å². The largest absolute Gasteiger partial charge is 0.478 e. The van der Waals surface area contributed by atoms with Gasteiger partial charge in [-0.05, 0) is 72.3 Å². The lowest BCUT2D eigenvalue weighted by Gasteiger charge is -2.29. The standard InChI is InChI=1S/C29H38O2/c1-3-5-7-9-22-11-15-24(16-12-22)26-19-20-27(29(30)31)28(21-26)25-17-13-23(14-18-25)10-8-6-4-2/h8,10,13-14,17-22,24H,3-7,9,11-12,15-16H2,1-2H3,(H,30,31)/b10-8+. The minimum atomic E-state index is -0.854. The topological polar surface area (TPSA) is 37.3 Å². The van der Waals surface area contributed by atoms with Gasteiger partial charge in [-0.1, -0.05) is 94.5 Å². The number of allylic oxidation sites excluding steroid dienone is 1. The first-order valence-electron chi connectivity index (χ1n) is 12.3. The fraction of sp³-hybridized carbons (Fsp3) is 0.483. The van der Waals surface area contributed by atoms with Gasteiger partial charge in [0.05, 0.1) is 5.56 Å². The average Bonchev–Trinajstić information content (AvgIpc) is 2.80. The summed E-state index contributed by atoms with van der Waals surface area (Å²) in [4.78, 5) is 11.9. The third kappa shape index (κ3) is 6.56. The molecule has 0 heterocycles. The molecule has 3 rings (SSSR count). The van der Waals surface area contributed by atoms with Crippen LogP contribution in [0.25, 0.3) is 17.2 Å². The normalized spacial score (nSPS) is 19.0. The van der Waals surface area contributed by atoms with Gasteiger partial charge in [0, 0.05) is 0 Å². The third-order valence-electron chi connectivity index (χ3n) is 6.80. The molecule has 0 amide bonds. The molecular formula is C29H38O2. The molecule has 2 aromatic rings. The van der Waals surface area contributed by atoms with Crippen molar-refractivity contribution in [3.63, 3.8) is 0 Å². The second-order valence-corrected chi connectivity index (χ2v) is 9.14. The number of rotatable bonds is 10. The Balaban J connectivity index is 1.75. The Kier molecular flexibility index (Phi) is 8.94.